The lowest BCUT2D eigenvalue weighted by Crippen LogP contribution is -2.59. The summed E-state index contributed by atoms with van der Waals surface area (Å²) in [5, 5.41) is 12.0. The van der Waals surface area contributed by atoms with Crippen molar-refractivity contribution in [2.45, 2.75) is 45.1 Å². The molecule has 0 radical (unpaired) electrons. The summed E-state index contributed by atoms with van der Waals surface area (Å²) < 4.78 is 5.15. The Balaban J connectivity index is 1.94. The molecule has 2 aliphatic heterocycles. The van der Waals surface area contributed by atoms with Crippen LogP contribution in [0.4, 0.5) is 4.79 Å². The summed E-state index contributed by atoms with van der Waals surface area (Å²) in [4.78, 5) is 25.4. The van der Waals surface area contributed by atoms with Crippen molar-refractivity contribution in [2.75, 3.05) is 26.3 Å². The summed E-state index contributed by atoms with van der Waals surface area (Å²) in [6.45, 7) is 6.21. The molecule has 1 unspecified atom stereocenters. The minimum atomic E-state index is -1.25. The lowest BCUT2D eigenvalue weighted by molar-refractivity contribution is -0.144. The Morgan fingerprint density at radius 2 is 1.95 bits per heavy atom. The Labute approximate surface area is 119 Å². The van der Waals surface area contributed by atoms with Crippen molar-refractivity contribution in [3.8, 4) is 0 Å². The molecule has 6 nitrogen and oxygen atoms in total. The van der Waals surface area contributed by atoms with Crippen LogP contribution in [0.15, 0.2) is 0 Å². The first-order valence-corrected chi connectivity index (χ1v) is 7.29. The number of urea groups is 1. The number of rotatable bonds is 3. The van der Waals surface area contributed by atoms with E-state index in [1.165, 1.54) is 0 Å². The maximum absolute atomic E-state index is 12.3. The number of hydrogen-bond acceptors (Lipinski definition) is 3. The molecule has 0 aromatic carbocycles. The molecule has 2 amide bonds. The summed E-state index contributed by atoms with van der Waals surface area (Å²) >= 11 is 0. The van der Waals surface area contributed by atoms with Crippen LogP contribution in [0.2, 0.25) is 0 Å². The van der Waals surface area contributed by atoms with Gasteiger partial charge in [-0.05, 0) is 18.3 Å². The lowest BCUT2D eigenvalue weighted by atomic mass is 9.78. The highest BCUT2D eigenvalue weighted by Crippen LogP contribution is 2.34. The molecule has 0 bridgehead atoms. The van der Waals surface area contributed by atoms with Gasteiger partial charge in [-0.1, -0.05) is 20.3 Å². The van der Waals surface area contributed by atoms with Gasteiger partial charge in [0.05, 0.1) is 6.61 Å². The predicted molar refractivity (Wildman–Crippen MR) is 73.5 cm³/mol. The number of amides is 2. The molecule has 0 aromatic heterocycles. The summed E-state index contributed by atoms with van der Waals surface area (Å²) in [6.07, 6.45) is 3.37. The van der Waals surface area contributed by atoms with Crippen molar-refractivity contribution < 1.29 is 19.4 Å². The molecule has 2 saturated heterocycles. The van der Waals surface area contributed by atoms with Crippen molar-refractivity contribution in [3.05, 3.63) is 0 Å². The van der Waals surface area contributed by atoms with Crippen LogP contribution in [-0.2, 0) is 9.53 Å². The molecular weight excluding hydrogens is 260 g/mol. The standard InChI is InChI=1S/C14H24N2O4/c1-3-13(2)4-7-16(8-5-13)12(19)15-14(11(17)18)6-9-20-10-14/h3-10H2,1-2H3,(H,15,19)(H,17,18). The van der Waals surface area contributed by atoms with Gasteiger partial charge in [-0.15, -0.1) is 0 Å². The van der Waals surface area contributed by atoms with E-state index in [1.807, 2.05) is 0 Å². The number of carbonyl (C=O) groups excluding carboxylic acids is 1. The maximum Gasteiger partial charge on any atom is 0.332 e. The van der Waals surface area contributed by atoms with Gasteiger partial charge in [-0.3, -0.25) is 0 Å². The van der Waals surface area contributed by atoms with Crippen LogP contribution in [0.25, 0.3) is 0 Å². The van der Waals surface area contributed by atoms with Crippen LogP contribution in [0.3, 0.4) is 0 Å². The molecule has 2 rings (SSSR count). The highest BCUT2D eigenvalue weighted by Gasteiger charge is 2.45. The molecule has 2 N–H and O–H groups in total. The zero-order valence-corrected chi connectivity index (χ0v) is 12.3. The minimum Gasteiger partial charge on any atom is -0.479 e. The van der Waals surface area contributed by atoms with Crippen molar-refractivity contribution in [3.63, 3.8) is 0 Å². The molecule has 20 heavy (non-hydrogen) atoms. The number of ether oxygens (including phenoxy) is 1. The Morgan fingerprint density at radius 1 is 1.30 bits per heavy atom. The summed E-state index contributed by atoms with van der Waals surface area (Å²) in [5.41, 5.74) is -0.944. The van der Waals surface area contributed by atoms with E-state index in [9.17, 15) is 14.7 Å². The fourth-order valence-corrected chi connectivity index (χ4v) is 2.77. The van der Waals surface area contributed by atoms with E-state index in [1.54, 1.807) is 4.90 Å². The van der Waals surface area contributed by atoms with Crippen LogP contribution in [0, 0.1) is 5.41 Å². The van der Waals surface area contributed by atoms with Gasteiger partial charge >= 0.3 is 12.0 Å². The Bertz CT molecular complexity index is 383. The van der Waals surface area contributed by atoms with Crippen LogP contribution in [-0.4, -0.2) is 53.8 Å². The topological polar surface area (TPSA) is 78.9 Å². The summed E-state index contributed by atoms with van der Waals surface area (Å²) in [6, 6.07) is -0.281. The average molecular weight is 284 g/mol. The summed E-state index contributed by atoms with van der Waals surface area (Å²) in [5.74, 6) is -1.02. The van der Waals surface area contributed by atoms with E-state index in [4.69, 9.17) is 4.74 Å². The lowest BCUT2D eigenvalue weighted by Gasteiger charge is -2.39. The van der Waals surface area contributed by atoms with Crippen molar-refractivity contribution in [1.29, 1.82) is 0 Å². The number of nitrogens with one attached hydrogen (secondary N) is 1. The number of carboxylic acid groups (broad SMARTS) is 1. The van der Waals surface area contributed by atoms with Crippen LogP contribution < -0.4 is 5.32 Å². The number of hydrogen-bond donors (Lipinski definition) is 2. The molecule has 2 fully saturated rings. The molecule has 0 saturated carbocycles. The fraction of sp³-hybridized carbons (Fsp3) is 0.857. The molecule has 0 spiro atoms. The third-order valence-corrected chi connectivity index (χ3v) is 4.89. The summed E-state index contributed by atoms with van der Waals surface area (Å²) in [7, 11) is 0. The maximum atomic E-state index is 12.3. The van der Waals surface area contributed by atoms with E-state index in [0.717, 1.165) is 19.3 Å². The number of aliphatic carboxylic acids is 1. The van der Waals surface area contributed by atoms with Crippen LogP contribution in [0.5, 0.6) is 0 Å². The average Bonchev–Trinajstić information content (AvgIpc) is 2.89. The smallest absolute Gasteiger partial charge is 0.332 e. The highest BCUT2D eigenvalue weighted by atomic mass is 16.5. The van der Waals surface area contributed by atoms with Crippen molar-refractivity contribution in [1.82, 2.24) is 10.2 Å². The second-order valence-electron chi connectivity index (χ2n) is 6.27. The van der Waals surface area contributed by atoms with E-state index in [2.05, 4.69) is 19.2 Å². The van der Waals surface area contributed by atoms with E-state index in [-0.39, 0.29) is 12.6 Å². The normalized spacial score (nSPS) is 29.2. The number of carboxylic acids is 1. The second kappa shape index (κ2) is 5.60. The van der Waals surface area contributed by atoms with E-state index < -0.39 is 11.5 Å². The number of piperidine rings is 1. The Kier molecular flexibility index (Phi) is 4.22. The van der Waals surface area contributed by atoms with Gasteiger partial charge in [-0.2, -0.15) is 0 Å². The van der Waals surface area contributed by atoms with Crippen LogP contribution >= 0.6 is 0 Å². The monoisotopic (exact) mass is 284 g/mol. The number of likely N-dealkylation sites (tertiary alicyclic amines) is 1. The van der Waals surface area contributed by atoms with E-state index in [0.29, 0.717) is 31.5 Å². The van der Waals surface area contributed by atoms with Gasteiger partial charge in [0.1, 0.15) is 0 Å². The number of carbonyl (C=O) groups is 2. The van der Waals surface area contributed by atoms with Gasteiger partial charge in [-0.25, -0.2) is 9.59 Å². The predicted octanol–water partition coefficient (Wildman–Crippen LogP) is 1.45. The first-order chi connectivity index (χ1) is 9.41. The van der Waals surface area contributed by atoms with Gasteiger partial charge in [0, 0.05) is 26.1 Å². The van der Waals surface area contributed by atoms with Crippen molar-refractivity contribution >= 4 is 12.0 Å². The van der Waals surface area contributed by atoms with Gasteiger partial charge in [0.25, 0.3) is 0 Å². The largest absolute Gasteiger partial charge is 0.479 e. The molecule has 114 valence electrons. The quantitative estimate of drug-likeness (QED) is 0.822. The first kappa shape index (κ1) is 15.1. The third-order valence-electron chi connectivity index (χ3n) is 4.89. The molecular formula is C14H24N2O4. The first-order valence-electron chi connectivity index (χ1n) is 7.29. The zero-order chi connectivity index (χ0) is 14.8. The minimum absolute atomic E-state index is 0.0502. The van der Waals surface area contributed by atoms with E-state index >= 15 is 0 Å². The molecule has 6 heteroatoms. The third kappa shape index (κ3) is 2.90. The zero-order valence-electron chi connectivity index (χ0n) is 12.3. The molecule has 0 aliphatic carbocycles. The second-order valence-corrected chi connectivity index (χ2v) is 6.27. The van der Waals surface area contributed by atoms with Gasteiger partial charge < -0.3 is 20.1 Å². The fourth-order valence-electron chi connectivity index (χ4n) is 2.77. The molecule has 2 heterocycles. The van der Waals surface area contributed by atoms with Crippen molar-refractivity contribution in [2.24, 2.45) is 5.41 Å². The SMILES string of the molecule is CCC1(C)CCN(C(=O)NC2(C(=O)O)CCOC2)CC1. The van der Waals surface area contributed by atoms with Crippen LogP contribution in [0.1, 0.15) is 39.5 Å². The Morgan fingerprint density at radius 3 is 2.40 bits per heavy atom. The molecule has 0 aromatic rings. The highest BCUT2D eigenvalue weighted by molar-refractivity contribution is 5.86. The Hall–Kier alpha value is -1.30. The molecule has 2 aliphatic rings. The number of nitrogens with zero attached hydrogens (tertiary/aromatic N) is 1. The van der Waals surface area contributed by atoms with Gasteiger partial charge in [0.15, 0.2) is 5.54 Å². The molecule has 1 atom stereocenters. The van der Waals surface area contributed by atoms with Gasteiger partial charge in [0.2, 0.25) is 0 Å².